The molecular formula is C9H19NO2. The zero-order valence-electron chi connectivity index (χ0n) is 8.22. The molecule has 2 unspecified atom stereocenters. The Kier molecular flexibility index (Phi) is 3.50. The van der Waals surface area contributed by atoms with Crippen LogP contribution in [0.15, 0.2) is 0 Å². The van der Waals surface area contributed by atoms with Crippen LogP contribution in [-0.2, 0) is 9.47 Å². The summed E-state index contributed by atoms with van der Waals surface area (Å²) in [4.78, 5) is 0. The van der Waals surface area contributed by atoms with Crippen molar-refractivity contribution in [3.8, 4) is 0 Å². The number of rotatable bonds is 4. The number of hydrogen-bond donors (Lipinski definition) is 1. The van der Waals surface area contributed by atoms with Gasteiger partial charge in [-0.2, -0.15) is 0 Å². The molecule has 12 heavy (non-hydrogen) atoms. The van der Waals surface area contributed by atoms with Crippen LogP contribution in [0.3, 0.4) is 0 Å². The fourth-order valence-electron chi connectivity index (χ4n) is 1.67. The van der Waals surface area contributed by atoms with E-state index in [2.05, 4.69) is 19.2 Å². The quantitative estimate of drug-likeness (QED) is 0.682. The zero-order chi connectivity index (χ0) is 9.03. The second-order valence-electron chi connectivity index (χ2n) is 3.86. The van der Waals surface area contributed by atoms with E-state index in [9.17, 15) is 0 Å². The first-order valence-corrected chi connectivity index (χ1v) is 4.51. The van der Waals surface area contributed by atoms with Gasteiger partial charge in [-0.25, -0.2) is 0 Å². The minimum atomic E-state index is 0.165. The molecule has 0 amide bonds. The van der Waals surface area contributed by atoms with Gasteiger partial charge in [0.1, 0.15) is 0 Å². The molecule has 0 bridgehead atoms. The van der Waals surface area contributed by atoms with Crippen molar-refractivity contribution in [3.63, 3.8) is 0 Å². The van der Waals surface area contributed by atoms with E-state index in [-0.39, 0.29) is 5.54 Å². The summed E-state index contributed by atoms with van der Waals surface area (Å²) < 4.78 is 10.4. The summed E-state index contributed by atoms with van der Waals surface area (Å²) in [5, 5.41) is 3.51. The zero-order valence-corrected chi connectivity index (χ0v) is 8.22. The Bertz CT molecular complexity index is 132. The lowest BCUT2D eigenvalue weighted by Crippen LogP contribution is -2.49. The second-order valence-corrected chi connectivity index (χ2v) is 3.86. The van der Waals surface area contributed by atoms with Gasteiger partial charge in [-0.3, -0.25) is 0 Å². The molecule has 1 aliphatic rings. The average molecular weight is 173 g/mol. The van der Waals surface area contributed by atoms with Crippen LogP contribution in [0.1, 0.15) is 20.3 Å². The Labute approximate surface area is 74.4 Å². The van der Waals surface area contributed by atoms with E-state index in [1.165, 1.54) is 0 Å². The molecular weight excluding hydrogens is 154 g/mol. The largest absolute Gasteiger partial charge is 0.383 e. The van der Waals surface area contributed by atoms with Crippen molar-refractivity contribution in [2.45, 2.75) is 31.8 Å². The average Bonchev–Trinajstić information content (AvgIpc) is 2.36. The summed E-state index contributed by atoms with van der Waals surface area (Å²) in [5.74, 6) is 0. The lowest BCUT2D eigenvalue weighted by molar-refractivity contribution is 0.137. The minimum absolute atomic E-state index is 0.165. The molecule has 0 aromatic carbocycles. The van der Waals surface area contributed by atoms with Crippen molar-refractivity contribution in [2.24, 2.45) is 0 Å². The van der Waals surface area contributed by atoms with E-state index < -0.39 is 0 Å². The molecule has 0 aromatic rings. The molecule has 2 atom stereocenters. The Hall–Kier alpha value is -0.120. The third-order valence-electron chi connectivity index (χ3n) is 2.23. The van der Waals surface area contributed by atoms with Crippen LogP contribution in [0.5, 0.6) is 0 Å². The molecule has 1 N–H and O–H groups in total. The topological polar surface area (TPSA) is 30.5 Å². The van der Waals surface area contributed by atoms with Gasteiger partial charge in [0.05, 0.1) is 13.2 Å². The maximum absolute atomic E-state index is 5.34. The van der Waals surface area contributed by atoms with Crippen LogP contribution in [0, 0.1) is 0 Å². The Morgan fingerprint density at radius 1 is 1.67 bits per heavy atom. The summed E-state index contributed by atoms with van der Waals surface area (Å²) in [6, 6.07) is 0.404. The third kappa shape index (κ3) is 2.73. The first kappa shape index (κ1) is 9.96. The predicted molar refractivity (Wildman–Crippen MR) is 48.3 cm³/mol. The van der Waals surface area contributed by atoms with Crippen LogP contribution in [0.4, 0.5) is 0 Å². The summed E-state index contributed by atoms with van der Waals surface area (Å²) in [7, 11) is 1.73. The van der Waals surface area contributed by atoms with Crippen molar-refractivity contribution < 1.29 is 9.47 Å². The van der Waals surface area contributed by atoms with Gasteiger partial charge in [-0.15, -0.1) is 0 Å². The highest BCUT2D eigenvalue weighted by atomic mass is 16.5. The van der Waals surface area contributed by atoms with Crippen molar-refractivity contribution >= 4 is 0 Å². The summed E-state index contributed by atoms with van der Waals surface area (Å²) in [6.45, 7) is 6.79. The van der Waals surface area contributed by atoms with Crippen LogP contribution in [0.25, 0.3) is 0 Å². The molecule has 1 saturated heterocycles. The molecule has 3 heteroatoms. The molecule has 1 rings (SSSR count). The highest BCUT2D eigenvalue weighted by Crippen LogP contribution is 2.17. The van der Waals surface area contributed by atoms with Gasteiger partial charge in [0.15, 0.2) is 0 Å². The monoisotopic (exact) mass is 173 g/mol. The molecule has 1 aliphatic heterocycles. The predicted octanol–water partition coefficient (Wildman–Crippen LogP) is 0.790. The molecule has 1 fully saturated rings. The second kappa shape index (κ2) is 4.21. The minimum Gasteiger partial charge on any atom is -0.383 e. The molecule has 0 aliphatic carbocycles. The molecule has 3 nitrogen and oxygen atoms in total. The van der Waals surface area contributed by atoms with Gasteiger partial charge in [0.2, 0.25) is 0 Å². The van der Waals surface area contributed by atoms with Gasteiger partial charge >= 0.3 is 0 Å². The number of methoxy groups -OCH3 is 1. The van der Waals surface area contributed by atoms with Gasteiger partial charge in [-0.1, -0.05) is 0 Å². The van der Waals surface area contributed by atoms with Gasteiger partial charge in [-0.05, 0) is 20.3 Å². The van der Waals surface area contributed by atoms with E-state index in [1.807, 2.05) is 0 Å². The summed E-state index contributed by atoms with van der Waals surface area (Å²) in [6.07, 6.45) is 1.10. The first-order chi connectivity index (χ1) is 5.66. The SMILES string of the molecule is COCC(C)NC1(C)CCOC1. The summed E-state index contributed by atoms with van der Waals surface area (Å²) in [5.41, 5.74) is 0.165. The van der Waals surface area contributed by atoms with Gasteiger partial charge < -0.3 is 14.8 Å². The van der Waals surface area contributed by atoms with Crippen molar-refractivity contribution in [1.82, 2.24) is 5.32 Å². The standard InChI is InChI=1S/C9H19NO2/c1-8(6-11-3)10-9(2)4-5-12-7-9/h8,10H,4-7H2,1-3H3. The number of hydrogen-bond acceptors (Lipinski definition) is 3. The van der Waals surface area contributed by atoms with Crippen LogP contribution in [-0.4, -0.2) is 38.5 Å². The summed E-state index contributed by atoms with van der Waals surface area (Å²) >= 11 is 0. The van der Waals surface area contributed by atoms with Crippen molar-refractivity contribution in [1.29, 1.82) is 0 Å². The van der Waals surface area contributed by atoms with E-state index >= 15 is 0 Å². The molecule has 1 heterocycles. The molecule has 72 valence electrons. The molecule has 0 aromatic heterocycles. The van der Waals surface area contributed by atoms with E-state index in [4.69, 9.17) is 9.47 Å². The molecule has 0 spiro atoms. The maximum atomic E-state index is 5.34. The number of nitrogens with one attached hydrogen (secondary N) is 1. The van der Waals surface area contributed by atoms with Crippen LogP contribution < -0.4 is 5.32 Å². The van der Waals surface area contributed by atoms with Crippen molar-refractivity contribution in [3.05, 3.63) is 0 Å². The molecule has 0 saturated carbocycles. The maximum Gasteiger partial charge on any atom is 0.0646 e. The van der Waals surface area contributed by atoms with E-state index in [0.29, 0.717) is 6.04 Å². The fourth-order valence-corrected chi connectivity index (χ4v) is 1.67. The van der Waals surface area contributed by atoms with E-state index in [0.717, 1.165) is 26.2 Å². The Morgan fingerprint density at radius 2 is 2.42 bits per heavy atom. The van der Waals surface area contributed by atoms with E-state index in [1.54, 1.807) is 7.11 Å². The normalized spacial score (nSPS) is 32.2. The third-order valence-corrected chi connectivity index (χ3v) is 2.23. The fraction of sp³-hybridized carbons (Fsp3) is 1.00. The molecule has 0 radical (unpaired) electrons. The highest BCUT2D eigenvalue weighted by molar-refractivity contribution is 4.88. The van der Waals surface area contributed by atoms with Crippen molar-refractivity contribution in [2.75, 3.05) is 26.9 Å². The van der Waals surface area contributed by atoms with Crippen LogP contribution >= 0.6 is 0 Å². The Morgan fingerprint density at radius 3 is 2.92 bits per heavy atom. The lowest BCUT2D eigenvalue weighted by atomic mass is 10.0. The van der Waals surface area contributed by atoms with Gasteiger partial charge in [0, 0.05) is 25.3 Å². The highest BCUT2D eigenvalue weighted by Gasteiger charge is 2.30. The smallest absolute Gasteiger partial charge is 0.0646 e. The lowest BCUT2D eigenvalue weighted by Gasteiger charge is -2.27. The first-order valence-electron chi connectivity index (χ1n) is 4.51. The Balaban J connectivity index is 2.28. The number of ether oxygens (including phenoxy) is 2. The van der Waals surface area contributed by atoms with Crippen LogP contribution in [0.2, 0.25) is 0 Å². The van der Waals surface area contributed by atoms with Gasteiger partial charge in [0.25, 0.3) is 0 Å².